The van der Waals surface area contributed by atoms with Gasteiger partial charge in [0.25, 0.3) is 11.4 Å². The van der Waals surface area contributed by atoms with Gasteiger partial charge in [-0.2, -0.15) is 0 Å². The van der Waals surface area contributed by atoms with E-state index in [-0.39, 0.29) is 30.7 Å². The van der Waals surface area contributed by atoms with Gasteiger partial charge in [0, 0.05) is 31.7 Å². The summed E-state index contributed by atoms with van der Waals surface area (Å²) in [6.07, 6.45) is 2.41. The fourth-order valence-electron chi connectivity index (χ4n) is 6.07. The van der Waals surface area contributed by atoms with Crippen LogP contribution in [0.5, 0.6) is 5.75 Å². The second-order valence-corrected chi connectivity index (χ2v) is 10.0. The molecule has 4 unspecified atom stereocenters. The minimum atomic E-state index is -1.21. The molecule has 37 heavy (non-hydrogen) atoms. The molecule has 0 radical (unpaired) electrons. The molecule has 0 aliphatic heterocycles. The quantitative estimate of drug-likeness (QED) is 0.201. The van der Waals surface area contributed by atoms with Crippen LogP contribution in [-0.2, 0) is 0 Å². The van der Waals surface area contributed by atoms with Crippen molar-refractivity contribution in [1.29, 1.82) is 0 Å². The van der Waals surface area contributed by atoms with Crippen LogP contribution >= 0.6 is 0 Å². The second-order valence-electron chi connectivity index (χ2n) is 10.0. The molecule has 1 aromatic rings. The monoisotopic (exact) mass is 529 g/mol. The van der Waals surface area contributed by atoms with Gasteiger partial charge in [0.05, 0.1) is 46.7 Å². The summed E-state index contributed by atoms with van der Waals surface area (Å²) in [5.74, 6) is -0.625. The number of nitrogens with zero attached hydrogens (tertiary/aromatic N) is 4. The Balaban J connectivity index is 0.000000271. The van der Waals surface area contributed by atoms with Gasteiger partial charge in [0.2, 0.25) is 0 Å². The highest BCUT2D eigenvalue weighted by Crippen LogP contribution is 2.66. The molecule has 2 aliphatic carbocycles. The lowest BCUT2D eigenvalue weighted by molar-refractivity contribution is -0.404. The highest BCUT2D eigenvalue weighted by atomic mass is 16.6. The molecule has 2 bridgehead atoms. The number of aliphatic hydroxyl groups excluding tert-OH is 3. The van der Waals surface area contributed by atoms with E-state index in [9.17, 15) is 40.6 Å². The van der Waals surface area contributed by atoms with E-state index < -0.39 is 37.6 Å². The fraction of sp³-hybridized carbons (Fsp3) is 0.727. The average molecular weight is 530 g/mol. The van der Waals surface area contributed by atoms with E-state index in [0.717, 1.165) is 0 Å². The Morgan fingerprint density at radius 3 is 1.86 bits per heavy atom. The van der Waals surface area contributed by atoms with Crippen molar-refractivity contribution in [2.24, 2.45) is 16.7 Å². The number of phenolic OH excluding ortho intramolecular Hbond substituents is 1. The molecule has 2 aliphatic rings. The number of benzene rings is 1. The molecular formula is C22H35N5O10. The molecule has 4 atom stereocenters. The Labute approximate surface area is 213 Å². The van der Waals surface area contributed by atoms with E-state index in [1.54, 1.807) is 0 Å². The molecule has 5 N–H and O–H groups in total. The van der Waals surface area contributed by atoms with Gasteiger partial charge in [-0.3, -0.25) is 35.2 Å². The average Bonchev–Trinajstić information content (AvgIpc) is 3.14. The van der Waals surface area contributed by atoms with Crippen LogP contribution in [0.4, 0.5) is 17.1 Å². The van der Waals surface area contributed by atoms with Gasteiger partial charge in [-0.25, -0.2) is 0 Å². The zero-order chi connectivity index (χ0) is 28.1. The van der Waals surface area contributed by atoms with Gasteiger partial charge in [0.1, 0.15) is 0 Å². The number of hydrogen-bond acceptors (Lipinski definition) is 12. The minimum Gasteiger partial charge on any atom is -0.497 e. The first-order chi connectivity index (χ1) is 17.3. The molecule has 3 rings (SSSR count). The van der Waals surface area contributed by atoms with Gasteiger partial charge in [-0.05, 0) is 29.6 Å². The number of nitro groups is 3. The van der Waals surface area contributed by atoms with E-state index in [0.29, 0.717) is 49.8 Å². The summed E-state index contributed by atoms with van der Waals surface area (Å²) in [6, 6.07) is 1.52. The molecule has 0 spiro atoms. The number of phenols is 1. The molecule has 15 nitrogen and oxygen atoms in total. The maximum absolute atomic E-state index is 10.4. The fourth-order valence-corrected chi connectivity index (χ4v) is 6.07. The largest absolute Gasteiger partial charge is 0.497 e. The van der Waals surface area contributed by atoms with Crippen molar-refractivity contribution in [2.75, 3.05) is 39.5 Å². The van der Waals surface area contributed by atoms with Crippen LogP contribution in [0.15, 0.2) is 12.1 Å². The minimum absolute atomic E-state index is 0.115. The Morgan fingerprint density at radius 1 is 0.946 bits per heavy atom. The number of fused-ring (bicyclic) bond motifs is 2. The highest BCUT2D eigenvalue weighted by Gasteiger charge is 2.66. The standard InChI is InChI=1S/C16H32N2O3.C6H3N3O7/c1-15(2)12-4-5-16(15,3)14(13(12)17-6-9-19)18(7-10-20)8-11-21;10-6-4(8(13)14)1-3(7(11)12)2-5(6)9(15)16/h12-14,17,19-21H,4-11H2,1-3H3;1-2,10H. The van der Waals surface area contributed by atoms with Crippen LogP contribution in [0, 0.1) is 47.1 Å². The van der Waals surface area contributed by atoms with Crippen molar-refractivity contribution < 1.29 is 35.2 Å². The predicted molar refractivity (Wildman–Crippen MR) is 131 cm³/mol. The number of non-ortho nitro benzene ring substituents is 1. The third-order valence-corrected chi connectivity index (χ3v) is 8.12. The molecule has 0 saturated heterocycles. The normalized spacial score (nSPS) is 25.5. The molecule has 0 amide bonds. The Kier molecular flexibility index (Phi) is 9.84. The number of rotatable bonds is 11. The van der Waals surface area contributed by atoms with E-state index >= 15 is 0 Å². The zero-order valence-electron chi connectivity index (χ0n) is 21.1. The lowest BCUT2D eigenvalue weighted by Crippen LogP contribution is -2.58. The van der Waals surface area contributed by atoms with Gasteiger partial charge in [-0.15, -0.1) is 0 Å². The Hall–Kier alpha value is -2.98. The van der Waals surface area contributed by atoms with Crippen LogP contribution in [0.1, 0.15) is 33.6 Å². The topological polar surface area (TPSA) is 226 Å². The molecule has 208 valence electrons. The molecule has 2 fully saturated rings. The van der Waals surface area contributed by atoms with Crippen LogP contribution in [0.25, 0.3) is 0 Å². The maximum atomic E-state index is 10.4. The van der Waals surface area contributed by atoms with E-state index in [1.807, 2.05) is 0 Å². The first kappa shape index (κ1) is 30.2. The van der Waals surface area contributed by atoms with Crippen LogP contribution < -0.4 is 5.32 Å². The van der Waals surface area contributed by atoms with Crippen LogP contribution in [0.3, 0.4) is 0 Å². The number of hydrogen-bond donors (Lipinski definition) is 5. The van der Waals surface area contributed by atoms with Crippen LogP contribution in [0.2, 0.25) is 0 Å². The summed E-state index contributed by atoms with van der Waals surface area (Å²) < 4.78 is 0. The lowest BCUT2D eigenvalue weighted by Gasteiger charge is -2.46. The van der Waals surface area contributed by atoms with Crippen molar-refractivity contribution in [2.45, 2.75) is 45.7 Å². The van der Waals surface area contributed by atoms with Crippen molar-refractivity contribution in [3.8, 4) is 5.75 Å². The first-order valence-electron chi connectivity index (χ1n) is 11.9. The number of aliphatic hydroxyl groups is 3. The summed E-state index contributed by atoms with van der Waals surface area (Å²) in [6.45, 7) is 9.25. The van der Waals surface area contributed by atoms with E-state index in [2.05, 4.69) is 31.0 Å². The molecular weight excluding hydrogens is 494 g/mol. The molecule has 1 aromatic carbocycles. The predicted octanol–water partition coefficient (Wildman–Crippen LogP) is 1.17. The number of nitro benzene ring substituents is 3. The molecule has 2 saturated carbocycles. The summed E-state index contributed by atoms with van der Waals surface area (Å²) in [5.41, 5.74) is -2.60. The summed E-state index contributed by atoms with van der Waals surface area (Å²) in [5, 5.41) is 71.7. The molecule has 0 aromatic heterocycles. The second kappa shape index (κ2) is 12.0. The van der Waals surface area contributed by atoms with Gasteiger partial charge in [0.15, 0.2) is 0 Å². The zero-order valence-corrected chi connectivity index (χ0v) is 21.1. The molecule has 0 heterocycles. The third-order valence-electron chi connectivity index (χ3n) is 8.12. The summed E-state index contributed by atoms with van der Waals surface area (Å²) in [4.78, 5) is 30.0. The Bertz CT molecular complexity index is 965. The van der Waals surface area contributed by atoms with E-state index in [4.69, 9.17) is 10.2 Å². The van der Waals surface area contributed by atoms with Crippen molar-refractivity contribution in [3.63, 3.8) is 0 Å². The van der Waals surface area contributed by atoms with Crippen molar-refractivity contribution in [3.05, 3.63) is 42.5 Å². The van der Waals surface area contributed by atoms with Crippen molar-refractivity contribution in [1.82, 2.24) is 10.2 Å². The first-order valence-corrected chi connectivity index (χ1v) is 11.9. The lowest BCUT2D eigenvalue weighted by atomic mass is 9.68. The van der Waals surface area contributed by atoms with Crippen LogP contribution in [-0.4, -0.2) is 91.6 Å². The maximum Gasteiger partial charge on any atom is 0.324 e. The van der Waals surface area contributed by atoms with Gasteiger partial charge in [-0.1, -0.05) is 20.8 Å². The third kappa shape index (κ3) is 5.80. The SMILES string of the molecule is CC1(C)C2CCC1(C)C(N(CCO)CCO)C2NCCO.O=[N+]([O-])c1cc([N+](=O)[O-])c(O)c([N+](=O)[O-])c1. The van der Waals surface area contributed by atoms with E-state index in [1.165, 1.54) is 12.8 Å². The number of aromatic hydroxyl groups is 1. The Morgan fingerprint density at radius 2 is 1.46 bits per heavy atom. The molecule has 15 heteroatoms. The summed E-state index contributed by atoms with van der Waals surface area (Å²) in [7, 11) is 0. The van der Waals surface area contributed by atoms with Gasteiger partial charge >= 0.3 is 11.4 Å². The van der Waals surface area contributed by atoms with Crippen molar-refractivity contribution >= 4 is 17.1 Å². The highest BCUT2D eigenvalue weighted by molar-refractivity contribution is 5.64. The number of nitrogens with one attached hydrogen (secondary N) is 1. The van der Waals surface area contributed by atoms with Gasteiger partial charge < -0.3 is 25.7 Å². The smallest absolute Gasteiger partial charge is 0.324 e. The summed E-state index contributed by atoms with van der Waals surface area (Å²) >= 11 is 0.